The highest BCUT2D eigenvalue weighted by molar-refractivity contribution is 9.10. The smallest absolute Gasteiger partial charge is 0.276 e. The van der Waals surface area contributed by atoms with Gasteiger partial charge in [-0.2, -0.15) is 0 Å². The molecule has 0 fully saturated rings. The molecule has 1 aromatic carbocycles. The van der Waals surface area contributed by atoms with Gasteiger partial charge in [0.15, 0.2) is 6.61 Å². The SMILES string of the molecule is CSc1ncccc1C(=O)NNC(=O)COc1ccc(Br)cc1. The lowest BCUT2D eigenvalue weighted by atomic mass is 10.3. The third-order valence-corrected chi connectivity index (χ3v) is 3.95. The molecule has 2 N–H and O–H groups in total. The van der Waals surface area contributed by atoms with Crippen LogP contribution in [0.2, 0.25) is 0 Å². The fourth-order valence-corrected chi connectivity index (χ4v) is 2.45. The molecule has 6 nitrogen and oxygen atoms in total. The molecule has 2 aromatic rings. The number of benzene rings is 1. The van der Waals surface area contributed by atoms with E-state index in [9.17, 15) is 9.59 Å². The number of amides is 2. The zero-order chi connectivity index (χ0) is 16.7. The number of aromatic nitrogens is 1. The number of carbonyl (C=O) groups excluding carboxylic acids is 2. The molecule has 0 unspecified atom stereocenters. The highest BCUT2D eigenvalue weighted by Crippen LogP contribution is 2.16. The largest absolute Gasteiger partial charge is 0.484 e. The Hall–Kier alpha value is -2.06. The Balaban J connectivity index is 1.82. The summed E-state index contributed by atoms with van der Waals surface area (Å²) in [6, 6.07) is 10.4. The molecule has 0 aliphatic carbocycles. The Morgan fingerprint density at radius 3 is 2.65 bits per heavy atom. The molecule has 2 amide bonds. The quantitative estimate of drug-likeness (QED) is 0.600. The van der Waals surface area contributed by atoms with Gasteiger partial charge in [0.2, 0.25) is 0 Å². The number of halogens is 1. The summed E-state index contributed by atoms with van der Waals surface area (Å²) in [5, 5.41) is 0.588. The van der Waals surface area contributed by atoms with E-state index >= 15 is 0 Å². The van der Waals surface area contributed by atoms with Crippen LogP contribution in [0.25, 0.3) is 0 Å². The maximum atomic E-state index is 12.0. The molecule has 0 atom stereocenters. The lowest BCUT2D eigenvalue weighted by Gasteiger charge is -2.10. The molecular weight excluding hydrogens is 382 g/mol. The molecule has 0 aliphatic heterocycles. The maximum Gasteiger partial charge on any atom is 0.276 e. The first kappa shape index (κ1) is 17.3. The Morgan fingerprint density at radius 2 is 1.96 bits per heavy atom. The normalized spacial score (nSPS) is 10.0. The summed E-state index contributed by atoms with van der Waals surface area (Å²) in [7, 11) is 0. The second-order valence-corrected chi connectivity index (χ2v) is 6.02. The van der Waals surface area contributed by atoms with Crippen molar-refractivity contribution in [3.05, 3.63) is 52.6 Å². The molecule has 2 rings (SSSR count). The highest BCUT2D eigenvalue weighted by atomic mass is 79.9. The van der Waals surface area contributed by atoms with E-state index in [4.69, 9.17) is 4.74 Å². The monoisotopic (exact) mass is 395 g/mol. The van der Waals surface area contributed by atoms with E-state index in [0.717, 1.165) is 4.47 Å². The highest BCUT2D eigenvalue weighted by Gasteiger charge is 2.12. The van der Waals surface area contributed by atoms with Crippen LogP contribution in [0.15, 0.2) is 52.1 Å². The predicted octanol–water partition coefficient (Wildman–Crippen LogP) is 2.41. The summed E-state index contributed by atoms with van der Waals surface area (Å²) < 4.78 is 6.22. The van der Waals surface area contributed by atoms with Crippen LogP contribution in [-0.4, -0.2) is 29.7 Å². The number of thioether (sulfide) groups is 1. The van der Waals surface area contributed by atoms with Crippen LogP contribution in [0.5, 0.6) is 5.75 Å². The van der Waals surface area contributed by atoms with Gasteiger partial charge in [-0.05, 0) is 42.7 Å². The van der Waals surface area contributed by atoms with E-state index in [2.05, 4.69) is 31.8 Å². The number of carbonyl (C=O) groups is 2. The summed E-state index contributed by atoms with van der Waals surface area (Å²) in [6.07, 6.45) is 3.43. The van der Waals surface area contributed by atoms with Crippen molar-refractivity contribution in [1.29, 1.82) is 0 Å². The number of rotatable bonds is 5. The average molecular weight is 396 g/mol. The molecule has 0 radical (unpaired) electrons. The standard InChI is InChI=1S/C15H14BrN3O3S/c1-23-15-12(3-2-8-17-15)14(21)19-18-13(20)9-22-11-6-4-10(16)5-7-11/h2-8H,9H2,1H3,(H,18,20)(H,19,21). The summed E-state index contributed by atoms with van der Waals surface area (Å²) in [4.78, 5) is 27.8. The maximum absolute atomic E-state index is 12.0. The number of ether oxygens (including phenoxy) is 1. The Morgan fingerprint density at radius 1 is 1.22 bits per heavy atom. The molecule has 1 aromatic heterocycles. The third-order valence-electron chi connectivity index (χ3n) is 2.71. The topological polar surface area (TPSA) is 80.3 Å². The van der Waals surface area contributed by atoms with E-state index < -0.39 is 11.8 Å². The van der Waals surface area contributed by atoms with Gasteiger partial charge in [-0.1, -0.05) is 15.9 Å². The van der Waals surface area contributed by atoms with Crippen molar-refractivity contribution in [2.45, 2.75) is 5.03 Å². The number of pyridine rings is 1. The van der Waals surface area contributed by atoms with Gasteiger partial charge < -0.3 is 4.74 Å². The second-order valence-electron chi connectivity index (χ2n) is 4.31. The van der Waals surface area contributed by atoms with Crippen molar-refractivity contribution < 1.29 is 14.3 Å². The van der Waals surface area contributed by atoms with Crippen molar-refractivity contribution >= 4 is 39.5 Å². The van der Waals surface area contributed by atoms with Gasteiger partial charge in [-0.15, -0.1) is 11.8 Å². The second kappa shape index (κ2) is 8.54. The van der Waals surface area contributed by atoms with Crippen molar-refractivity contribution in [1.82, 2.24) is 15.8 Å². The van der Waals surface area contributed by atoms with Crippen LogP contribution in [0.3, 0.4) is 0 Å². The summed E-state index contributed by atoms with van der Waals surface area (Å²) in [6.45, 7) is -0.204. The Labute approximate surface area is 146 Å². The average Bonchev–Trinajstić information content (AvgIpc) is 2.59. The van der Waals surface area contributed by atoms with Crippen LogP contribution in [0, 0.1) is 0 Å². The number of hydrogen-bond acceptors (Lipinski definition) is 5. The van der Waals surface area contributed by atoms with Gasteiger partial charge >= 0.3 is 0 Å². The molecule has 0 bridgehead atoms. The van der Waals surface area contributed by atoms with Crippen LogP contribution < -0.4 is 15.6 Å². The van der Waals surface area contributed by atoms with Crippen molar-refractivity contribution in [3.8, 4) is 5.75 Å². The summed E-state index contributed by atoms with van der Waals surface area (Å²) in [5.41, 5.74) is 5.04. The van der Waals surface area contributed by atoms with Gasteiger partial charge in [-0.25, -0.2) is 4.98 Å². The predicted molar refractivity (Wildman–Crippen MR) is 91.3 cm³/mol. The molecule has 120 valence electrons. The fraction of sp³-hybridized carbons (Fsp3) is 0.133. The van der Waals surface area contributed by atoms with Gasteiger partial charge in [0.1, 0.15) is 10.8 Å². The first-order valence-electron chi connectivity index (χ1n) is 6.56. The van der Waals surface area contributed by atoms with E-state index in [1.807, 2.05) is 6.26 Å². The zero-order valence-electron chi connectivity index (χ0n) is 12.2. The molecule has 0 spiro atoms. The lowest BCUT2D eigenvalue weighted by Crippen LogP contribution is -2.44. The minimum atomic E-state index is -0.462. The number of hydrazine groups is 1. The third kappa shape index (κ3) is 5.26. The summed E-state index contributed by atoms with van der Waals surface area (Å²) in [5.74, 6) is -0.332. The van der Waals surface area contributed by atoms with E-state index in [0.29, 0.717) is 16.3 Å². The van der Waals surface area contributed by atoms with Crippen molar-refractivity contribution in [3.63, 3.8) is 0 Å². The molecule has 8 heteroatoms. The number of nitrogens with one attached hydrogen (secondary N) is 2. The van der Waals surface area contributed by atoms with Crippen LogP contribution in [0.1, 0.15) is 10.4 Å². The minimum absolute atomic E-state index is 0.204. The number of hydrogen-bond donors (Lipinski definition) is 2. The lowest BCUT2D eigenvalue weighted by molar-refractivity contribution is -0.123. The Bertz CT molecular complexity index is 695. The molecule has 0 saturated heterocycles. The van der Waals surface area contributed by atoms with Crippen LogP contribution >= 0.6 is 27.7 Å². The molecule has 1 heterocycles. The molecule has 0 aliphatic rings. The van der Waals surface area contributed by atoms with Crippen LogP contribution in [-0.2, 0) is 4.79 Å². The van der Waals surface area contributed by atoms with Crippen molar-refractivity contribution in [2.24, 2.45) is 0 Å². The first-order valence-corrected chi connectivity index (χ1v) is 8.58. The van der Waals surface area contributed by atoms with Crippen LogP contribution in [0.4, 0.5) is 0 Å². The van der Waals surface area contributed by atoms with Gasteiger partial charge in [0.05, 0.1) is 5.56 Å². The molecule has 23 heavy (non-hydrogen) atoms. The molecule has 0 saturated carbocycles. The van der Waals surface area contributed by atoms with E-state index in [1.54, 1.807) is 42.6 Å². The van der Waals surface area contributed by atoms with Gasteiger partial charge in [0, 0.05) is 10.7 Å². The van der Waals surface area contributed by atoms with E-state index in [1.165, 1.54) is 11.8 Å². The summed E-state index contributed by atoms with van der Waals surface area (Å²) >= 11 is 4.66. The Kier molecular flexibility index (Phi) is 6.42. The zero-order valence-corrected chi connectivity index (χ0v) is 14.6. The first-order chi connectivity index (χ1) is 11.1. The van der Waals surface area contributed by atoms with Crippen molar-refractivity contribution in [2.75, 3.05) is 12.9 Å². The number of nitrogens with zero attached hydrogens (tertiary/aromatic N) is 1. The molecular formula is C15H14BrN3O3S. The fourth-order valence-electron chi connectivity index (χ4n) is 1.64. The van der Waals surface area contributed by atoms with Gasteiger partial charge in [-0.3, -0.25) is 20.4 Å². The van der Waals surface area contributed by atoms with E-state index in [-0.39, 0.29) is 6.61 Å². The van der Waals surface area contributed by atoms with Gasteiger partial charge in [0.25, 0.3) is 11.8 Å². The minimum Gasteiger partial charge on any atom is -0.484 e.